The van der Waals surface area contributed by atoms with Gasteiger partial charge >= 0.3 is 0 Å². The summed E-state index contributed by atoms with van der Waals surface area (Å²) in [6, 6.07) is 57.0. The molecule has 9 rings (SSSR count). The summed E-state index contributed by atoms with van der Waals surface area (Å²) in [6.45, 7) is 0. The lowest BCUT2D eigenvalue weighted by atomic mass is 9.96. The molecule has 0 amide bonds. The number of hydrogen-bond donors (Lipinski definition) is 0. The molecule has 3 aromatic heterocycles. The van der Waals surface area contributed by atoms with Crippen LogP contribution >= 0.6 is 11.3 Å². The Balaban J connectivity index is 1.21. The molecule has 47 heavy (non-hydrogen) atoms. The fourth-order valence-electron chi connectivity index (χ4n) is 6.44. The van der Waals surface area contributed by atoms with Gasteiger partial charge in [-0.2, -0.15) is 0 Å². The van der Waals surface area contributed by atoms with Gasteiger partial charge in [-0.25, -0.2) is 15.0 Å². The van der Waals surface area contributed by atoms with Crippen molar-refractivity contribution in [2.24, 2.45) is 0 Å². The van der Waals surface area contributed by atoms with Crippen molar-refractivity contribution in [2.45, 2.75) is 0 Å². The summed E-state index contributed by atoms with van der Waals surface area (Å²) >= 11 is 1.85. The number of rotatable bonds is 5. The van der Waals surface area contributed by atoms with Crippen molar-refractivity contribution in [1.29, 1.82) is 0 Å². The molecule has 0 spiro atoms. The van der Waals surface area contributed by atoms with Gasteiger partial charge in [0.2, 0.25) is 0 Å². The van der Waals surface area contributed by atoms with E-state index in [0.717, 1.165) is 50.4 Å². The van der Waals surface area contributed by atoms with Crippen LogP contribution in [0.3, 0.4) is 0 Å². The number of fused-ring (bicyclic) bond motifs is 5. The predicted molar refractivity (Wildman–Crippen MR) is 197 cm³/mol. The minimum atomic E-state index is 0.704. The molecular formula is C43H27N3S. The molecule has 9 aromatic rings. The van der Waals surface area contributed by atoms with Crippen LogP contribution in [0.4, 0.5) is 0 Å². The Morgan fingerprint density at radius 3 is 1.64 bits per heavy atom. The van der Waals surface area contributed by atoms with Gasteiger partial charge in [0.05, 0.1) is 22.6 Å². The maximum atomic E-state index is 5.31. The van der Waals surface area contributed by atoms with Gasteiger partial charge in [0.15, 0.2) is 5.82 Å². The smallest absolute Gasteiger partial charge is 0.160 e. The number of benzene rings is 6. The van der Waals surface area contributed by atoms with E-state index < -0.39 is 0 Å². The second-order valence-electron chi connectivity index (χ2n) is 11.6. The highest BCUT2D eigenvalue weighted by atomic mass is 32.1. The summed E-state index contributed by atoms with van der Waals surface area (Å²) in [5.41, 5.74) is 10.4. The highest BCUT2D eigenvalue weighted by Crippen LogP contribution is 2.45. The molecule has 6 aromatic carbocycles. The van der Waals surface area contributed by atoms with Crippen LogP contribution in [0.1, 0.15) is 0 Å². The Labute approximate surface area is 276 Å². The van der Waals surface area contributed by atoms with Crippen LogP contribution in [-0.4, -0.2) is 15.0 Å². The third kappa shape index (κ3) is 4.87. The second-order valence-corrected chi connectivity index (χ2v) is 12.7. The van der Waals surface area contributed by atoms with Gasteiger partial charge in [0.1, 0.15) is 0 Å². The molecular weight excluding hydrogens is 591 g/mol. The molecule has 0 saturated carbocycles. The lowest BCUT2D eigenvalue weighted by Gasteiger charge is -2.12. The Morgan fingerprint density at radius 1 is 0.404 bits per heavy atom. The SMILES string of the molecule is c1ccc(-c2cc(-c3ccccc3)nc(-c3ccc(-c4cccc5nc(-c6ccccc6)c6c7ccccc7sc6c45)cc3)n2)cc1. The fourth-order valence-corrected chi connectivity index (χ4v) is 7.71. The summed E-state index contributed by atoms with van der Waals surface area (Å²) in [7, 11) is 0. The zero-order valence-electron chi connectivity index (χ0n) is 25.3. The van der Waals surface area contributed by atoms with E-state index in [0.29, 0.717) is 5.82 Å². The number of aromatic nitrogens is 3. The van der Waals surface area contributed by atoms with Crippen molar-refractivity contribution in [3.63, 3.8) is 0 Å². The summed E-state index contributed by atoms with van der Waals surface area (Å²) in [5, 5.41) is 3.65. The van der Waals surface area contributed by atoms with Crippen molar-refractivity contribution >= 4 is 42.4 Å². The molecule has 3 heterocycles. The summed E-state index contributed by atoms with van der Waals surface area (Å²) in [6.07, 6.45) is 0. The second kappa shape index (κ2) is 11.4. The first-order chi connectivity index (χ1) is 23.3. The highest BCUT2D eigenvalue weighted by Gasteiger charge is 2.19. The van der Waals surface area contributed by atoms with E-state index in [4.69, 9.17) is 15.0 Å². The van der Waals surface area contributed by atoms with Crippen LogP contribution in [-0.2, 0) is 0 Å². The fraction of sp³-hybridized carbons (Fsp3) is 0. The molecule has 0 aliphatic carbocycles. The molecule has 0 fully saturated rings. The van der Waals surface area contributed by atoms with E-state index in [2.05, 4.69) is 127 Å². The maximum Gasteiger partial charge on any atom is 0.160 e. The number of hydrogen-bond acceptors (Lipinski definition) is 4. The first-order valence-electron chi connectivity index (χ1n) is 15.7. The Bertz CT molecular complexity index is 2480. The molecule has 220 valence electrons. The largest absolute Gasteiger partial charge is 0.247 e. The third-order valence-electron chi connectivity index (χ3n) is 8.70. The zero-order chi connectivity index (χ0) is 31.2. The molecule has 0 bridgehead atoms. The van der Waals surface area contributed by atoms with Gasteiger partial charge in [-0.1, -0.05) is 146 Å². The summed E-state index contributed by atoms with van der Waals surface area (Å²) < 4.78 is 2.53. The van der Waals surface area contributed by atoms with Gasteiger partial charge in [-0.15, -0.1) is 11.3 Å². The van der Waals surface area contributed by atoms with Gasteiger partial charge in [0.25, 0.3) is 0 Å². The summed E-state index contributed by atoms with van der Waals surface area (Å²) in [5.74, 6) is 0.704. The van der Waals surface area contributed by atoms with Gasteiger partial charge in [-0.05, 0) is 29.3 Å². The topological polar surface area (TPSA) is 38.7 Å². The van der Waals surface area contributed by atoms with Gasteiger partial charge < -0.3 is 0 Å². The first kappa shape index (κ1) is 27.3. The monoisotopic (exact) mass is 617 g/mol. The van der Waals surface area contributed by atoms with Crippen molar-refractivity contribution in [2.75, 3.05) is 0 Å². The van der Waals surface area contributed by atoms with Gasteiger partial charge in [0, 0.05) is 47.8 Å². The molecule has 0 aliphatic heterocycles. The maximum absolute atomic E-state index is 5.31. The Morgan fingerprint density at radius 2 is 0.979 bits per heavy atom. The molecule has 0 unspecified atom stereocenters. The molecule has 4 heteroatoms. The normalized spacial score (nSPS) is 11.4. The van der Waals surface area contributed by atoms with E-state index in [1.165, 1.54) is 31.1 Å². The quantitative estimate of drug-likeness (QED) is 0.193. The van der Waals surface area contributed by atoms with E-state index in [1.807, 2.05) is 47.7 Å². The van der Waals surface area contributed by atoms with Crippen molar-refractivity contribution in [3.8, 4) is 56.3 Å². The molecule has 0 saturated heterocycles. The summed E-state index contributed by atoms with van der Waals surface area (Å²) in [4.78, 5) is 15.4. The standard InChI is InChI=1S/C43H27N3S/c1-4-13-29(14-5-1)36-27-37(30-15-6-2-7-16-30)46-43(45-36)32-25-23-28(24-26-32)33-20-12-21-35-39(33)42-40(34-19-10-11-22-38(34)47-42)41(44-35)31-17-8-3-9-18-31/h1-27H. The third-order valence-corrected chi connectivity index (χ3v) is 9.89. The van der Waals surface area contributed by atoms with E-state index in [-0.39, 0.29) is 0 Å². The minimum absolute atomic E-state index is 0.704. The molecule has 0 N–H and O–H groups in total. The van der Waals surface area contributed by atoms with Crippen molar-refractivity contribution in [1.82, 2.24) is 15.0 Å². The number of pyridine rings is 1. The van der Waals surface area contributed by atoms with Crippen LogP contribution in [0.5, 0.6) is 0 Å². The van der Waals surface area contributed by atoms with Crippen LogP contribution in [0.15, 0.2) is 164 Å². The van der Waals surface area contributed by atoms with Gasteiger partial charge in [-0.3, -0.25) is 0 Å². The molecule has 0 aliphatic rings. The first-order valence-corrected chi connectivity index (χ1v) is 16.5. The van der Waals surface area contributed by atoms with Crippen LogP contribution in [0.2, 0.25) is 0 Å². The van der Waals surface area contributed by atoms with Crippen LogP contribution < -0.4 is 0 Å². The molecule has 0 radical (unpaired) electrons. The number of thiophene rings is 1. The average Bonchev–Trinajstić information content (AvgIpc) is 3.55. The average molecular weight is 618 g/mol. The highest BCUT2D eigenvalue weighted by molar-refractivity contribution is 7.26. The lowest BCUT2D eigenvalue weighted by Crippen LogP contribution is -1.96. The van der Waals surface area contributed by atoms with Crippen molar-refractivity contribution in [3.05, 3.63) is 164 Å². The zero-order valence-corrected chi connectivity index (χ0v) is 26.2. The van der Waals surface area contributed by atoms with Crippen LogP contribution in [0, 0.1) is 0 Å². The molecule has 3 nitrogen and oxygen atoms in total. The van der Waals surface area contributed by atoms with Crippen LogP contribution in [0.25, 0.3) is 87.4 Å². The van der Waals surface area contributed by atoms with E-state index in [9.17, 15) is 0 Å². The van der Waals surface area contributed by atoms with E-state index >= 15 is 0 Å². The van der Waals surface area contributed by atoms with E-state index in [1.54, 1.807) is 0 Å². The number of nitrogens with zero attached hydrogens (tertiary/aromatic N) is 3. The Kier molecular flexibility index (Phi) is 6.65. The predicted octanol–water partition coefficient (Wildman–Crippen LogP) is 11.7. The lowest BCUT2D eigenvalue weighted by molar-refractivity contribution is 1.18. The molecule has 0 atom stereocenters. The Hall–Kier alpha value is -5.97. The minimum Gasteiger partial charge on any atom is -0.247 e. The van der Waals surface area contributed by atoms with Crippen molar-refractivity contribution < 1.29 is 0 Å².